The largest absolute Gasteiger partial charge is 0.411 e. The summed E-state index contributed by atoms with van der Waals surface area (Å²) in [5.74, 6) is 0. The van der Waals surface area contributed by atoms with Crippen molar-refractivity contribution in [1.82, 2.24) is 0 Å². The van der Waals surface area contributed by atoms with Crippen molar-refractivity contribution in [1.29, 1.82) is 0 Å². The molecule has 0 aromatic heterocycles. The van der Waals surface area contributed by atoms with E-state index in [0.717, 1.165) is 24.3 Å². The number of nitrogens with zero attached hydrogens (tertiary/aromatic N) is 1. The second kappa shape index (κ2) is 2.87. The highest BCUT2D eigenvalue weighted by atomic mass is 35.5. The summed E-state index contributed by atoms with van der Waals surface area (Å²) in [5, 5.41) is 12.1. The maximum absolute atomic E-state index is 8.29. The summed E-state index contributed by atoms with van der Waals surface area (Å²) in [6.45, 7) is 0. The Morgan fingerprint density at radius 2 is 2.33 bits per heavy atom. The van der Waals surface area contributed by atoms with Crippen LogP contribution in [0.1, 0.15) is 19.3 Å². The van der Waals surface area contributed by atoms with Crippen LogP contribution in [0.4, 0.5) is 0 Å². The van der Waals surface area contributed by atoms with Crippen LogP contribution in [-0.4, -0.2) is 10.9 Å². The minimum atomic E-state index is 0.686. The average Bonchev–Trinajstić information content (AvgIpc) is 1.88. The third-order valence-corrected chi connectivity index (χ3v) is 1.60. The molecule has 0 saturated heterocycles. The number of oxime groups is 1. The van der Waals surface area contributed by atoms with E-state index in [0.29, 0.717) is 5.71 Å². The maximum atomic E-state index is 8.29. The molecular weight excluding hydrogens is 138 g/mol. The monoisotopic (exact) mass is 145 g/mol. The van der Waals surface area contributed by atoms with Crippen LogP contribution in [0.15, 0.2) is 16.3 Å². The van der Waals surface area contributed by atoms with Crippen LogP contribution in [0.3, 0.4) is 0 Å². The molecule has 0 spiro atoms. The number of allylic oxidation sites excluding steroid dienone is 2. The highest BCUT2D eigenvalue weighted by Gasteiger charge is 2.05. The molecule has 3 heteroatoms. The average molecular weight is 146 g/mol. The molecule has 0 bridgehead atoms. The standard InChI is InChI=1S/C6H8ClNO/c7-5-2-1-3-6(4-5)8-9/h4,9H,1-3H2/b8-6+. The lowest BCUT2D eigenvalue weighted by Crippen LogP contribution is -1.99. The second-order valence-electron chi connectivity index (χ2n) is 2.04. The van der Waals surface area contributed by atoms with Gasteiger partial charge in [-0.3, -0.25) is 0 Å². The number of halogens is 1. The molecule has 0 fully saturated rings. The topological polar surface area (TPSA) is 32.6 Å². The maximum Gasteiger partial charge on any atom is 0.0807 e. The van der Waals surface area contributed by atoms with Crippen molar-refractivity contribution in [2.24, 2.45) is 5.16 Å². The van der Waals surface area contributed by atoms with Crippen molar-refractivity contribution in [3.05, 3.63) is 11.1 Å². The van der Waals surface area contributed by atoms with Crippen molar-refractivity contribution in [2.45, 2.75) is 19.3 Å². The Morgan fingerprint density at radius 1 is 1.56 bits per heavy atom. The molecule has 1 N–H and O–H groups in total. The molecule has 0 atom stereocenters. The van der Waals surface area contributed by atoms with E-state index in [1.54, 1.807) is 6.08 Å². The van der Waals surface area contributed by atoms with E-state index >= 15 is 0 Å². The van der Waals surface area contributed by atoms with Crippen LogP contribution in [0, 0.1) is 0 Å². The lowest BCUT2D eigenvalue weighted by atomic mass is 10.1. The Morgan fingerprint density at radius 3 is 2.78 bits per heavy atom. The zero-order valence-corrected chi connectivity index (χ0v) is 5.73. The third-order valence-electron chi connectivity index (χ3n) is 1.30. The van der Waals surface area contributed by atoms with Crippen LogP contribution in [0.25, 0.3) is 0 Å². The first-order valence-corrected chi connectivity index (χ1v) is 3.28. The van der Waals surface area contributed by atoms with Crippen molar-refractivity contribution in [2.75, 3.05) is 0 Å². The van der Waals surface area contributed by atoms with Gasteiger partial charge in [-0.25, -0.2) is 0 Å². The van der Waals surface area contributed by atoms with E-state index < -0.39 is 0 Å². The zero-order chi connectivity index (χ0) is 6.69. The Kier molecular flexibility index (Phi) is 2.11. The Labute approximate surface area is 58.8 Å². The second-order valence-corrected chi connectivity index (χ2v) is 2.52. The number of hydrogen-bond donors (Lipinski definition) is 1. The van der Waals surface area contributed by atoms with E-state index in [9.17, 15) is 0 Å². The minimum absolute atomic E-state index is 0.686. The summed E-state index contributed by atoms with van der Waals surface area (Å²) in [5.41, 5.74) is 0.686. The van der Waals surface area contributed by atoms with Crippen LogP contribution in [0.2, 0.25) is 0 Å². The lowest BCUT2D eigenvalue weighted by Gasteiger charge is -2.06. The molecule has 50 valence electrons. The van der Waals surface area contributed by atoms with Gasteiger partial charge in [0, 0.05) is 5.03 Å². The molecule has 0 unspecified atom stereocenters. The van der Waals surface area contributed by atoms with E-state index in [2.05, 4.69) is 5.16 Å². The summed E-state index contributed by atoms with van der Waals surface area (Å²) in [6, 6.07) is 0. The van der Waals surface area contributed by atoms with Gasteiger partial charge < -0.3 is 5.21 Å². The molecule has 0 aromatic rings. The molecule has 9 heavy (non-hydrogen) atoms. The Bertz CT molecular complexity index is 162. The molecular formula is C6H8ClNO. The van der Waals surface area contributed by atoms with Crippen LogP contribution in [-0.2, 0) is 0 Å². The van der Waals surface area contributed by atoms with Gasteiger partial charge in [0.2, 0.25) is 0 Å². The first-order chi connectivity index (χ1) is 4.33. The zero-order valence-electron chi connectivity index (χ0n) is 4.97. The van der Waals surface area contributed by atoms with Gasteiger partial charge in [0.25, 0.3) is 0 Å². The molecule has 0 saturated carbocycles. The van der Waals surface area contributed by atoms with Gasteiger partial charge >= 0.3 is 0 Å². The Balaban J connectivity index is 2.68. The predicted molar refractivity (Wildman–Crippen MR) is 37.0 cm³/mol. The first kappa shape index (κ1) is 6.62. The van der Waals surface area contributed by atoms with Gasteiger partial charge in [-0.1, -0.05) is 16.8 Å². The quantitative estimate of drug-likeness (QED) is 0.411. The van der Waals surface area contributed by atoms with E-state index in [-0.39, 0.29) is 0 Å². The molecule has 2 nitrogen and oxygen atoms in total. The van der Waals surface area contributed by atoms with E-state index in [4.69, 9.17) is 16.8 Å². The predicted octanol–water partition coefficient (Wildman–Crippen LogP) is 2.12. The normalized spacial score (nSPS) is 24.1. The first-order valence-electron chi connectivity index (χ1n) is 2.90. The van der Waals surface area contributed by atoms with Crippen LogP contribution < -0.4 is 0 Å². The van der Waals surface area contributed by atoms with Crippen molar-refractivity contribution in [3.8, 4) is 0 Å². The van der Waals surface area contributed by atoms with Crippen LogP contribution >= 0.6 is 11.6 Å². The van der Waals surface area contributed by atoms with E-state index in [1.807, 2.05) is 0 Å². The molecule has 1 aliphatic carbocycles. The molecule has 0 aliphatic heterocycles. The molecule has 1 rings (SSSR count). The summed E-state index contributed by atoms with van der Waals surface area (Å²) >= 11 is 5.66. The highest BCUT2D eigenvalue weighted by Crippen LogP contribution is 2.18. The Hall–Kier alpha value is -0.500. The molecule has 0 heterocycles. The minimum Gasteiger partial charge on any atom is -0.411 e. The lowest BCUT2D eigenvalue weighted by molar-refractivity contribution is 0.318. The summed E-state index contributed by atoms with van der Waals surface area (Å²) in [6.07, 6.45) is 4.47. The fourth-order valence-electron chi connectivity index (χ4n) is 0.842. The fourth-order valence-corrected chi connectivity index (χ4v) is 1.10. The van der Waals surface area contributed by atoms with Gasteiger partial charge in [0.05, 0.1) is 5.71 Å². The van der Waals surface area contributed by atoms with Gasteiger partial charge in [-0.2, -0.15) is 0 Å². The van der Waals surface area contributed by atoms with Gasteiger partial charge in [0.1, 0.15) is 0 Å². The smallest absolute Gasteiger partial charge is 0.0807 e. The van der Waals surface area contributed by atoms with Gasteiger partial charge in [-0.05, 0) is 25.3 Å². The van der Waals surface area contributed by atoms with Gasteiger partial charge in [-0.15, -0.1) is 0 Å². The van der Waals surface area contributed by atoms with Gasteiger partial charge in [0.15, 0.2) is 0 Å². The van der Waals surface area contributed by atoms with E-state index in [1.165, 1.54) is 0 Å². The molecule has 0 radical (unpaired) electrons. The summed E-state index contributed by atoms with van der Waals surface area (Å²) < 4.78 is 0. The third kappa shape index (κ3) is 1.72. The highest BCUT2D eigenvalue weighted by molar-refractivity contribution is 6.31. The van der Waals surface area contributed by atoms with Crippen LogP contribution in [0.5, 0.6) is 0 Å². The number of hydrogen-bond acceptors (Lipinski definition) is 2. The fraction of sp³-hybridized carbons (Fsp3) is 0.500. The molecule has 1 aliphatic rings. The summed E-state index contributed by atoms with van der Waals surface area (Å²) in [7, 11) is 0. The molecule has 0 amide bonds. The molecule has 0 aromatic carbocycles. The SMILES string of the molecule is O/N=C1/C=C(Cl)CCC1. The van der Waals surface area contributed by atoms with Crippen molar-refractivity contribution < 1.29 is 5.21 Å². The summed E-state index contributed by atoms with van der Waals surface area (Å²) in [4.78, 5) is 0. The van der Waals surface area contributed by atoms with Crippen molar-refractivity contribution >= 4 is 17.3 Å². The van der Waals surface area contributed by atoms with Crippen molar-refractivity contribution in [3.63, 3.8) is 0 Å². The number of rotatable bonds is 0.